The van der Waals surface area contributed by atoms with Crippen molar-refractivity contribution in [2.45, 2.75) is 0 Å². The predicted octanol–water partition coefficient (Wildman–Crippen LogP) is 2.98. The zero-order chi connectivity index (χ0) is 9.97. The second kappa shape index (κ2) is 3.88. The summed E-state index contributed by atoms with van der Waals surface area (Å²) in [5.41, 5.74) is 0.775. The van der Waals surface area contributed by atoms with Crippen molar-refractivity contribution >= 4 is 28.5 Å². The maximum absolute atomic E-state index is 11.5. The van der Waals surface area contributed by atoms with Crippen LogP contribution < -0.4 is 0 Å². The zero-order valence-corrected chi connectivity index (χ0v) is 8.64. The molecule has 0 bridgehead atoms. The van der Waals surface area contributed by atoms with Crippen molar-refractivity contribution in [3.8, 4) is 0 Å². The van der Waals surface area contributed by atoms with Gasteiger partial charge in [-0.1, -0.05) is 18.2 Å². The van der Waals surface area contributed by atoms with Crippen LogP contribution in [0.4, 0.5) is 0 Å². The van der Waals surface area contributed by atoms with E-state index in [2.05, 4.69) is 0 Å². The topological polar surface area (TPSA) is 30.2 Å². The SMILES string of the molecule is CSCC(=O)c1cc2ccccc2o1. The van der Waals surface area contributed by atoms with Gasteiger partial charge in [0.05, 0.1) is 5.75 Å². The Morgan fingerprint density at radius 1 is 1.43 bits per heavy atom. The molecule has 3 heteroatoms. The molecule has 0 aliphatic rings. The molecule has 72 valence electrons. The maximum Gasteiger partial charge on any atom is 0.207 e. The third-order valence-corrected chi connectivity index (χ3v) is 2.53. The first kappa shape index (κ1) is 9.34. The van der Waals surface area contributed by atoms with E-state index in [1.54, 1.807) is 6.07 Å². The van der Waals surface area contributed by atoms with Crippen LogP contribution in [-0.4, -0.2) is 17.8 Å². The largest absolute Gasteiger partial charge is 0.453 e. The zero-order valence-electron chi connectivity index (χ0n) is 7.82. The van der Waals surface area contributed by atoms with Gasteiger partial charge in [-0.3, -0.25) is 4.79 Å². The molecule has 0 aliphatic heterocycles. The van der Waals surface area contributed by atoms with E-state index in [0.717, 1.165) is 11.0 Å². The highest BCUT2D eigenvalue weighted by Crippen LogP contribution is 2.19. The summed E-state index contributed by atoms with van der Waals surface area (Å²) >= 11 is 1.50. The number of benzene rings is 1. The van der Waals surface area contributed by atoms with E-state index in [9.17, 15) is 4.79 Å². The van der Waals surface area contributed by atoms with Gasteiger partial charge in [-0.25, -0.2) is 0 Å². The highest BCUT2D eigenvalue weighted by molar-refractivity contribution is 7.99. The van der Waals surface area contributed by atoms with Crippen LogP contribution in [0.3, 0.4) is 0 Å². The van der Waals surface area contributed by atoms with Crippen molar-refractivity contribution < 1.29 is 9.21 Å². The van der Waals surface area contributed by atoms with Crippen LogP contribution in [-0.2, 0) is 0 Å². The quantitative estimate of drug-likeness (QED) is 0.723. The van der Waals surface area contributed by atoms with Gasteiger partial charge in [0.1, 0.15) is 5.58 Å². The summed E-state index contributed by atoms with van der Waals surface area (Å²) in [5, 5.41) is 0.983. The first-order valence-corrected chi connectivity index (χ1v) is 5.71. The third-order valence-electron chi connectivity index (χ3n) is 1.98. The van der Waals surface area contributed by atoms with Crippen molar-refractivity contribution in [3.63, 3.8) is 0 Å². The molecule has 1 aromatic carbocycles. The molecule has 0 aliphatic carbocycles. The molecule has 1 heterocycles. The number of carbonyl (C=O) groups is 1. The van der Waals surface area contributed by atoms with E-state index < -0.39 is 0 Å². The second-order valence-electron chi connectivity index (χ2n) is 3.00. The lowest BCUT2D eigenvalue weighted by Crippen LogP contribution is -1.99. The van der Waals surface area contributed by atoms with Crippen LogP contribution in [0.5, 0.6) is 0 Å². The first-order chi connectivity index (χ1) is 6.81. The average Bonchev–Trinajstić information content (AvgIpc) is 2.61. The molecule has 0 radical (unpaired) electrons. The molecule has 0 atom stereocenters. The Morgan fingerprint density at radius 3 is 2.93 bits per heavy atom. The van der Waals surface area contributed by atoms with Crippen molar-refractivity contribution in [2.24, 2.45) is 0 Å². The standard InChI is InChI=1S/C11H10O2S/c1-14-7-9(12)11-6-8-4-2-3-5-10(8)13-11/h2-6H,7H2,1H3. The van der Waals surface area contributed by atoms with Gasteiger partial charge in [0, 0.05) is 5.39 Å². The second-order valence-corrected chi connectivity index (χ2v) is 3.87. The lowest BCUT2D eigenvalue weighted by Gasteiger charge is -1.90. The number of hydrogen-bond acceptors (Lipinski definition) is 3. The van der Waals surface area contributed by atoms with E-state index in [-0.39, 0.29) is 5.78 Å². The minimum atomic E-state index is 0.0497. The Balaban J connectivity index is 2.40. The molecule has 2 nitrogen and oxygen atoms in total. The smallest absolute Gasteiger partial charge is 0.207 e. The number of furan rings is 1. The van der Waals surface area contributed by atoms with Crippen LogP contribution in [0, 0.1) is 0 Å². The summed E-state index contributed by atoms with van der Waals surface area (Å²) in [6.07, 6.45) is 1.90. The Hall–Kier alpha value is -1.22. The van der Waals surface area contributed by atoms with Crippen LogP contribution in [0.2, 0.25) is 0 Å². The van der Waals surface area contributed by atoms with E-state index in [4.69, 9.17) is 4.42 Å². The Labute approximate surface area is 86.3 Å². The number of carbonyl (C=O) groups excluding carboxylic acids is 1. The lowest BCUT2D eigenvalue weighted by atomic mass is 10.2. The lowest BCUT2D eigenvalue weighted by molar-refractivity contribution is 0.0994. The molecule has 14 heavy (non-hydrogen) atoms. The molecule has 2 rings (SSSR count). The monoisotopic (exact) mass is 206 g/mol. The van der Waals surface area contributed by atoms with E-state index >= 15 is 0 Å². The molecule has 1 aromatic heterocycles. The number of para-hydroxylation sites is 1. The van der Waals surface area contributed by atoms with Crippen LogP contribution in [0.1, 0.15) is 10.6 Å². The Morgan fingerprint density at radius 2 is 2.21 bits per heavy atom. The predicted molar refractivity (Wildman–Crippen MR) is 58.9 cm³/mol. The highest BCUT2D eigenvalue weighted by atomic mass is 32.2. The van der Waals surface area contributed by atoms with Crippen molar-refractivity contribution in [3.05, 3.63) is 36.1 Å². The molecular weight excluding hydrogens is 196 g/mol. The fraction of sp³-hybridized carbons (Fsp3) is 0.182. The van der Waals surface area contributed by atoms with Gasteiger partial charge in [0.15, 0.2) is 5.76 Å². The van der Waals surface area contributed by atoms with Gasteiger partial charge in [0.25, 0.3) is 0 Å². The first-order valence-electron chi connectivity index (χ1n) is 4.32. The number of ketones is 1. The fourth-order valence-corrected chi connectivity index (χ4v) is 1.73. The minimum Gasteiger partial charge on any atom is -0.453 e. The van der Waals surface area contributed by atoms with Gasteiger partial charge in [-0.2, -0.15) is 11.8 Å². The molecule has 0 saturated heterocycles. The number of rotatable bonds is 3. The molecule has 0 unspecified atom stereocenters. The molecule has 0 fully saturated rings. The van der Waals surface area contributed by atoms with Gasteiger partial charge >= 0.3 is 0 Å². The van der Waals surface area contributed by atoms with Gasteiger partial charge in [-0.15, -0.1) is 0 Å². The molecule has 0 N–H and O–H groups in total. The van der Waals surface area contributed by atoms with E-state index in [1.807, 2.05) is 30.5 Å². The summed E-state index contributed by atoms with van der Waals surface area (Å²) in [5.74, 6) is 0.981. The number of thioether (sulfide) groups is 1. The minimum absolute atomic E-state index is 0.0497. The normalized spacial score (nSPS) is 10.6. The van der Waals surface area contributed by atoms with Gasteiger partial charge in [-0.05, 0) is 18.4 Å². The molecular formula is C11H10O2S. The Kier molecular flexibility index (Phi) is 2.59. The fourth-order valence-electron chi connectivity index (χ4n) is 1.32. The van der Waals surface area contributed by atoms with Gasteiger partial charge < -0.3 is 4.42 Å². The number of hydrogen-bond donors (Lipinski definition) is 0. The maximum atomic E-state index is 11.5. The molecule has 2 aromatic rings. The van der Waals surface area contributed by atoms with Crippen LogP contribution in [0.25, 0.3) is 11.0 Å². The summed E-state index contributed by atoms with van der Waals surface area (Å²) in [7, 11) is 0. The molecule has 0 saturated carbocycles. The number of Topliss-reactive ketones (excluding diaryl/α,β-unsaturated/α-hetero) is 1. The van der Waals surface area contributed by atoms with Gasteiger partial charge in [0.2, 0.25) is 5.78 Å². The highest BCUT2D eigenvalue weighted by Gasteiger charge is 2.10. The third kappa shape index (κ3) is 1.68. The van der Waals surface area contributed by atoms with Crippen LogP contribution in [0.15, 0.2) is 34.7 Å². The van der Waals surface area contributed by atoms with E-state index in [0.29, 0.717) is 11.5 Å². The van der Waals surface area contributed by atoms with Crippen LogP contribution >= 0.6 is 11.8 Å². The summed E-state index contributed by atoms with van der Waals surface area (Å²) in [4.78, 5) is 11.5. The summed E-state index contributed by atoms with van der Waals surface area (Å²) in [6.45, 7) is 0. The number of fused-ring (bicyclic) bond motifs is 1. The summed E-state index contributed by atoms with van der Waals surface area (Å²) in [6, 6.07) is 9.43. The van der Waals surface area contributed by atoms with Crippen molar-refractivity contribution in [1.29, 1.82) is 0 Å². The summed E-state index contributed by atoms with van der Waals surface area (Å²) < 4.78 is 5.42. The average molecular weight is 206 g/mol. The Bertz CT molecular complexity index is 426. The molecule has 0 amide bonds. The van der Waals surface area contributed by atoms with Crippen molar-refractivity contribution in [2.75, 3.05) is 12.0 Å². The molecule has 0 spiro atoms. The van der Waals surface area contributed by atoms with Crippen molar-refractivity contribution in [1.82, 2.24) is 0 Å². The van der Waals surface area contributed by atoms with E-state index in [1.165, 1.54) is 11.8 Å².